The largest absolute Gasteiger partial charge is 0.481 e. The summed E-state index contributed by atoms with van der Waals surface area (Å²) < 4.78 is 6.00. The summed E-state index contributed by atoms with van der Waals surface area (Å²) in [6, 6.07) is 0. The first-order chi connectivity index (χ1) is 16.2. The van der Waals surface area contributed by atoms with Crippen molar-refractivity contribution in [2.24, 2.45) is 0 Å². The molecule has 1 unspecified atom stereocenters. The van der Waals surface area contributed by atoms with Crippen molar-refractivity contribution in [1.29, 1.82) is 0 Å². The molecule has 0 heterocycles. The Kier molecular flexibility index (Phi) is 21.2. The monoisotopic (exact) mass is 482 g/mol. The molecule has 0 bridgehead atoms. The highest BCUT2D eigenvalue weighted by molar-refractivity contribution is 5.71. The van der Waals surface area contributed by atoms with Gasteiger partial charge in [0.25, 0.3) is 0 Å². The molecule has 0 saturated heterocycles. The lowest BCUT2D eigenvalue weighted by molar-refractivity contribution is -0.873. The summed E-state index contributed by atoms with van der Waals surface area (Å²) in [6.07, 6.45) is 26.0. The van der Waals surface area contributed by atoms with E-state index >= 15 is 0 Å². The van der Waals surface area contributed by atoms with Gasteiger partial charge >= 0.3 is 11.9 Å². The van der Waals surface area contributed by atoms with Crippen LogP contribution >= 0.6 is 0 Å². The van der Waals surface area contributed by atoms with E-state index in [1.807, 2.05) is 21.1 Å². The van der Waals surface area contributed by atoms with Crippen LogP contribution in [0.2, 0.25) is 0 Å². The van der Waals surface area contributed by atoms with Crippen molar-refractivity contribution >= 4 is 11.9 Å². The van der Waals surface area contributed by atoms with E-state index in [1.54, 1.807) is 0 Å². The van der Waals surface area contributed by atoms with Crippen molar-refractivity contribution in [3.05, 3.63) is 12.2 Å². The topological polar surface area (TPSA) is 63.6 Å². The van der Waals surface area contributed by atoms with Crippen LogP contribution < -0.4 is 0 Å². The number of nitrogens with zero attached hydrogens (tertiary/aromatic N) is 1. The first kappa shape index (κ1) is 32.6. The van der Waals surface area contributed by atoms with Crippen molar-refractivity contribution < 1.29 is 23.9 Å². The predicted octanol–water partition coefficient (Wildman–Crippen LogP) is 7.68. The number of likely N-dealkylation sites (N-methyl/N-ethyl adjacent to an activating group) is 1. The van der Waals surface area contributed by atoms with E-state index in [0.717, 1.165) is 19.3 Å². The van der Waals surface area contributed by atoms with E-state index in [1.165, 1.54) is 89.9 Å². The third kappa shape index (κ3) is 25.3. The molecule has 0 aliphatic carbocycles. The average Bonchev–Trinajstić information content (AvgIpc) is 2.73. The van der Waals surface area contributed by atoms with Gasteiger partial charge in [0.2, 0.25) is 0 Å². The minimum atomic E-state index is -0.925. The molecule has 0 saturated carbocycles. The molecule has 1 atom stereocenters. The molecule has 0 aromatic carbocycles. The Bertz CT molecular complexity index is 525. The molecule has 0 amide bonds. The zero-order valence-electron chi connectivity index (χ0n) is 23.0. The van der Waals surface area contributed by atoms with E-state index < -0.39 is 12.1 Å². The minimum Gasteiger partial charge on any atom is -0.481 e. The Balaban J connectivity index is 3.52. The molecule has 0 rings (SSSR count). The Labute approximate surface area is 210 Å². The van der Waals surface area contributed by atoms with Crippen LogP contribution in [0.25, 0.3) is 0 Å². The summed E-state index contributed by atoms with van der Waals surface area (Å²) >= 11 is 0. The Morgan fingerprint density at radius 2 is 1.18 bits per heavy atom. The van der Waals surface area contributed by atoms with Crippen LogP contribution in [0.5, 0.6) is 0 Å². The second kappa shape index (κ2) is 22.1. The molecule has 200 valence electrons. The van der Waals surface area contributed by atoms with Gasteiger partial charge in [-0.25, -0.2) is 0 Å². The summed E-state index contributed by atoms with van der Waals surface area (Å²) in [7, 11) is 5.91. The lowest BCUT2D eigenvalue weighted by Gasteiger charge is -2.28. The van der Waals surface area contributed by atoms with E-state index in [2.05, 4.69) is 19.1 Å². The zero-order valence-corrected chi connectivity index (χ0v) is 23.0. The van der Waals surface area contributed by atoms with Crippen LogP contribution in [0.15, 0.2) is 12.2 Å². The summed E-state index contributed by atoms with van der Waals surface area (Å²) in [5.41, 5.74) is 0. The number of carboxylic acid groups (broad SMARTS) is 1. The number of rotatable bonds is 24. The molecule has 34 heavy (non-hydrogen) atoms. The van der Waals surface area contributed by atoms with Gasteiger partial charge in [-0.15, -0.1) is 0 Å². The maximum atomic E-state index is 12.1. The number of hydrogen-bond acceptors (Lipinski definition) is 3. The minimum absolute atomic E-state index is 0.128. The second-order valence-corrected chi connectivity index (χ2v) is 10.9. The lowest BCUT2D eigenvalue weighted by atomic mass is 10.1. The number of carbonyl (C=O) groups is 2. The third-order valence-corrected chi connectivity index (χ3v) is 6.09. The van der Waals surface area contributed by atoms with E-state index in [4.69, 9.17) is 9.84 Å². The SMILES string of the molecule is CCCCCCCC/C=C/CCCCCCCCCCCC(=O)OC(CC(=O)O)C[N+](C)(C)C. The quantitative estimate of drug-likeness (QED) is 0.0663. The van der Waals surface area contributed by atoms with Crippen LogP contribution in [-0.2, 0) is 14.3 Å². The van der Waals surface area contributed by atoms with E-state index in [9.17, 15) is 9.59 Å². The van der Waals surface area contributed by atoms with E-state index in [-0.39, 0.29) is 12.4 Å². The number of unbranched alkanes of at least 4 members (excludes halogenated alkanes) is 15. The number of allylic oxidation sites excluding steroid dienone is 2. The molecular weight excluding hydrogens is 426 g/mol. The van der Waals surface area contributed by atoms with Crippen LogP contribution in [0.3, 0.4) is 0 Å². The van der Waals surface area contributed by atoms with Crippen molar-refractivity contribution in [3.63, 3.8) is 0 Å². The summed E-state index contributed by atoms with van der Waals surface area (Å²) in [6.45, 7) is 2.78. The molecular formula is C29H56NO4+. The Hall–Kier alpha value is -1.36. The number of quaternary nitrogens is 1. The molecule has 0 aromatic rings. The number of aliphatic carboxylic acids is 1. The molecule has 0 radical (unpaired) electrons. The van der Waals surface area contributed by atoms with Gasteiger partial charge in [-0.1, -0.05) is 96.1 Å². The van der Waals surface area contributed by atoms with E-state index in [0.29, 0.717) is 17.4 Å². The van der Waals surface area contributed by atoms with Gasteiger partial charge < -0.3 is 14.3 Å². The van der Waals surface area contributed by atoms with Crippen molar-refractivity contribution in [3.8, 4) is 0 Å². The van der Waals surface area contributed by atoms with Gasteiger partial charge in [-0.2, -0.15) is 0 Å². The third-order valence-electron chi connectivity index (χ3n) is 6.09. The fourth-order valence-electron chi connectivity index (χ4n) is 4.24. The van der Waals surface area contributed by atoms with Crippen LogP contribution in [0.1, 0.15) is 129 Å². The fraction of sp³-hybridized carbons (Fsp3) is 0.862. The fourth-order valence-corrected chi connectivity index (χ4v) is 4.24. The van der Waals surface area contributed by atoms with Crippen LogP contribution in [0.4, 0.5) is 0 Å². The van der Waals surface area contributed by atoms with Crippen molar-refractivity contribution in [2.45, 2.75) is 135 Å². The summed E-state index contributed by atoms with van der Waals surface area (Å²) in [4.78, 5) is 23.1. The normalized spacial score (nSPS) is 12.8. The Morgan fingerprint density at radius 3 is 1.62 bits per heavy atom. The molecule has 0 aliphatic rings. The van der Waals surface area contributed by atoms with Crippen LogP contribution in [0, 0.1) is 0 Å². The first-order valence-corrected chi connectivity index (χ1v) is 14.1. The number of carbonyl (C=O) groups excluding carboxylic acids is 1. The molecule has 1 N–H and O–H groups in total. The molecule has 0 spiro atoms. The molecule has 0 aliphatic heterocycles. The number of ether oxygens (including phenoxy) is 1. The molecule has 5 nitrogen and oxygen atoms in total. The predicted molar refractivity (Wildman–Crippen MR) is 143 cm³/mol. The van der Waals surface area contributed by atoms with Gasteiger partial charge in [0.1, 0.15) is 6.54 Å². The lowest BCUT2D eigenvalue weighted by Crippen LogP contribution is -2.43. The summed E-state index contributed by atoms with van der Waals surface area (Å²) in [5, 5.41) is 9.04. The zero-order chi connectivity index (χ0) is 25.5. The molecule has 0 fully saturated rings. The van der Waals surface area contributed by atoms with Gasteiger partial charge in [0.05, 0.1) is 27.6 Å². The highest BCUT2D eigenvalue weighted by atomic mass is 16.5. The maximum absolute atomic E-state index is 12.1. The highest BCUT2D eigenvalue weighted by Gasteiger charge is 2.24. The molecule has 5 heteroatoms. The van der Waals surface area contributed by atoms with Crippen molar-refractivity contribution in [1.82, 2.24) is 0 Å². The van der Waals surface area contributed by atoms with Gasteiger partial charge in [-0.3, -0.25) is 9.59 Å². The smallest absolute Gasteiger partial charge is 0.307 e. The maximum Gasteiger partial charge on any atom is 0.307 e. The van der Waals surface area contributed by atoms with Crippen LogP contribution in [-0.4, -0.2) is 55.3 Å². The van der Waals surface area contributed by atoms with Gasteiger partial charge in [-0.05, 0) is 32.1 Å². The number of esters is 1. The van der Waals surface area contributed by atoms with Gasteiger partial charge in [0, 0.05) is 6.42 Å². The van der Waals surface area contributed by atoms with Gasteiger partial charge in [0.15, 0.2) is 6.10 Å². The Morgan fingerprint density at radius 1 is 0.735 bits per heavy atom. The second-order valence-electron chi connectivity index (χ2n) is 10.9. The summed E-state index contributed by atoms with van der Waals surface area (Å²) in [5.74, 6) is -1.19. The van der Waals surface area contributed by atoms with Crippen molar-refractivity contribution in [2.75, 3.05) is 27.7 Å². The standard InChI is InChI=1S/C29H55NO4/c1-5-6-7-8-9-10-11-12-13-14-15-16-17-18-19-20-21-22-23-24-29(33)34-27(25-28(31)32)26-30(2,3)4/h12-13,27H,5-11,14-26H2,1-4H3/p+1/b13-12+. The first-order valence-electron chi connectivity index (χ1n) is 14.1. The number of carboxylic acids is 1. The average molecular weight is 483 g/mol. The molecule has 0 aromatic heterocycles. The number of hydrogen-bond donors (Lipinski definition) is 1. The highest BCUT2D eigenvalue weighted by Crippen LogP contribution is 2.13.